The lowest BCUT2D eigenvalue weighted by Crippen LogP contribution is -2.44. The van der Waals surface area contributed by atoms with Crippen LogP contribution in [0.1, 0.15) is 45.4 Å². The number of allylic oxidation sites excluding steroid dienone is 1. The SMILES string of the molecule is CC/C=C1/NCC2(CCCCC2)N1C. The fourth-order valence-corrected chi connectivity index (χ4v) is 2.87. The summed E-state index contributed by atoms with van der Waals surface area (Å²) >= 11 is 0. The Hall–Kier alpha value is -0.660. The van der Waals surface area contributed by atoms with Crippen molar-refractivity contribution in [2.75, 3.05) is 13.6 Å². The molecule has 0 bridgehead atoms. The summed E-state index contributed by atoms with van der Waals surface area (Å²) in [6.07, 6.45) is 10.4. The van der Waals surface area contributed by atoms with Gasteiger partial charge in [0.1, 0.15) is 0 Å². The molecular formula is C12H22N2. The molecule has 0 aromatic heterocycles. The summed E-state index contributed by atoms with van der Waals surface area (Å²) in [5, 5.41) is 3.55. The topological polar surface area (TPSA) is 15.3 Å². The third-order valence-electron chi connectivity index (χ3n) is 3.85. The van der Waals surface area contributed by atoms with Gasteiger partial charge < -0.3 is 10.2 Å². The minimum absolute atomic E-state index is 0.458. The van der Waals surface area contributed by atoms with Crippen molar-refractivity contribution in [2.45, 2.75) is 51.0 Å². The lowest BCUT2D eigenvalue weighted by Gasteiger charge is -2.39. The van der Waals surface area contributed by atoms with E-state index in [0.29, 0.717) is 5.54 Å². The Bertz CT molecular complexity index is 226. The quantitative estimate of drug-likeness (QED) is 0.690. The van der Waals surface area contributed by atoms with Gasteiger partial charge in [-0.05, 0) is 25.3 Å². The first kappa shape index (κ1) is 9.88. The summed E-state index contributed by atoms with van der Waals surface area (Å²) < 4.78 is 0. The van der Waals surface area contributed by atoms with Gasteiger partial charge in [0.05, 0.1) is 11.4 Å². The summed E-state index contributed by atoms with van der Waals surface area (Å²) in [5.41, 5.74) is 0.458. The first-order chi connectivity index (χ1) is 6.78. The maximum Gasteiger partial charge on any atom is 0.0975 e. The van der Waals surface area contributed by atoms with Crippen molar-refractivity contribution < 1.29 is 0 Å². The molecule has 1 saturated carbocycles. The van der Waals surface area contributed by atoms with Gasteiger partial charge in [-0.25, -0.2) is 0 Å². The van der Waals surface area contributed by atoms with Crippen molar-refractivity contribution >= 4 is 0 Å². The normalized spacial score (nSPS) is 28.4. The molecule has 14 heavy (non-hydrogen) atoms. The zero-order valence-corrected chi connectivity index (χ0v) is 9.47. The molecule has 0 aromatic rings. The Kier molecular flexibility index (Phi) is 2.71. The molecule has 1 aliphatic heterocycles. The molecular weight excluding hydrogens is 172 g/mol. The van der Waals surface area contributed by atoms with Gasteiger partial charge in [-0.1, -0.05) is 26.2 Å². The summed E-state index contributed by atoms with van der Waals surface area (Å²) in [6, 6.07) is 0. The van der Waals surface area contributed by atoms with Crippen LogP contribution in [0, 0.1) is 0 Å². The van der Waals surface area contributed by atoms with Crippen LogP contribution in [0.25, 0.3) is 0 Å². The van der Waals surface area contributed by atoms with Gasteiger partial charge in [0.2, 0.25) is 0 Å². The molecule has 0 amide bonds. The van der Waals surface area contributed by atoms with E-state index in [-0.39, 0.29) is 0 Å². The van der Waals surface area contributed by atoms with Crippen molar-refractivity contribution in [1.82, 2.24) is 10.2 Å². The number of nitrogens with zero attached hydrogens (tertiary/aromatic N) is 1. The number of rotatable bonds is 1. The number of hydrogen-bond acceptors (Lipinski definition) is 2. The van der Waals surface area contributed by atoms with Crippen molar-refractivity contribution in [3.63, 3.8) is 0 Å². The van der Waals surface area contributed by atoms with Crippen LogP contribution in [-0.2, 0) is 0 Å². The van der Waals surface area contributed by atoms with E-state index in [1.165, 1.54) is 37.9 Å². The third kappa shape index (κ3) is 1.51. The average Bonchev–Trinajstić information content (AvgIpc) is 2.50. The second-order valence-corrected chi connectivity index (χ2v) is 4.70. The molecule has 0 radical (unpaired) electrons. The molecule has 1 saturated heterocycles. The third-order valence-corrected chi connectivity index (χ3v) is 3.85. The van der Waals surface area contributed by atoms with Gasteiger partial charge in [-0.2, -0.15) is 0 Å². The first-order valence-corrected chi connectivity index (χ1v) is 5.96. The maximum absolute atomic E-state index is 3.55. The molecule has 2 rings (SSSR count). The molecule has 2 aliphatic rings. The summed E-state index contributed by atoms with van der Waals surface area (Å²) in [7, 11) is 2.26. The van der Waals surface area contributed by atoms with E-state index in [4.69, 9.17) is 0 Å². The lowest BCUT2D eigenvalue weighted by molar-refractivity contribution is 0.151. The molecule has 1 N–H and O–H groups in total. The number of likely N-dealkylation sites (N-methyl/N-ethyl adjacent to an activating group) is 1. The number of hydrogen-bond donors (Lipinski definition) is 1. The Morgan fingerprint density at radius 1 is 1.36 bits per heavy atom. The van der Waals surface area contributed by atoms with E-state index in [2.05, 4.69) is 30.3 Å². The smallest absolute Gasteiger partial charge is 0.0975 e. The van der Waals surface area contributed by atoms with E-state index in [9.17, 15) is 0 Å². The molecule has 0 unspecified atom stereocenters. The second-order valence-electron chi connectivity index (χ2n) is 4.70. The fourth-order valence-electron chi connectivity index (χ4n) is 2.87. The molecule has 1 spiro atoms. The monoisotopic (exact) mass is 194 g/mol. The van der Waals surface area contributed by atoms with Crippen molar-refractivity contribution in [2.24, 2.45) is 0 Å². The molecule has 0 atom stereocenters. The zero-order valence-electron chi connectivity index (χ0n) is 9.47. The van der Waals surface area contributed by atoms with Crippen LogP contribution < -0.4 is 5.32 Å². The van der Waals surface area contributed by atoms with Gasteiger partial charge in [0.15, 0.2) is 0 Å². The minimum Gasteiger partial charge on any atom is -0.370 e. The fraction of sp³-hybridized carbons (Fsp3) is 0.833. The highest BCUT2D eigenvalue weighted by molar-refractivity contribution is 5.13. The molecule has 0 aromatic carbocycles. The van der Waals surface area contributed by atoms with Crippen LogP contribution in [0.4, 0.5) is 0 Å². The zero-order chi connectivity index (χ0) is 10.0. The van der Waals surface area contributed by atoms with E-state index in [1.54, 1.807) is 0 Å². The van der Waals surface area contributed by atoms with Crippen molar-refractivity contribution in [3.05, 3.63) is 11.9 Å². The van der Waals surface area contributed by atoms with E-state index in [1.807, 2.05) is 0 Å². The van der Waals surface area contributed by atoms with E-state index < -0.39 is 0 Å². The lowest BCUT2D eigenvalue weighted by atomic mass is 9.81. The summed E-state index contributed by atoms with van der Waals surface area (Å²) in [5.74, 6) is 1.36. The van der Waals surface area contributed by atoms with Crippen LogP contribution in [0.2, 0.25) is 0 Å². The summed E-state index contributed by atoms with van der Waals surface area (Å²) in [4.78, 5) is 2.50. The van der Waals surface area contributed by atoms with Crippen molar-refractivity contribution in [1.29, 1.82) is 0 Å². The van der Waals surface area contributed by atoms with Gasteiger partial charge in [-0.3, -0.25) is 0 Å². The highest BCUT2D eigenvalue weighted by atomic mass is 15.3. The van der Waals surface area contributed by atoms with Crippen LogP contribution >= 0.6 is 0 Å². The van der Waals surface area contributed by atoms with E-state index >= 15 is 0 Å². The largest absolute Gasteiger partial charge is 0.370 e. The Morgan fingerprint density at radius 3 is 2.71 bits per heavy atom. The average molecular weight is 194 g/mol. The first-order valence-electron chi connectivity index (χ1n) is 5.96. The van der Waals surface area contributed by atoms with Gasteiger partial charge in [0, 0.05) is 13.6 Å². The highest BCUT2D eigenvalue weighted by Gasteiger charge is 2.41. The molecule has 1 heterocycles. The Morgan fingerprint density at radius 2 is 2.07 bits per heavy atom. The molecule has 2 heteroatoms. The van der Waals surface area contributed by atoms with Gasteiger partial charge >= 0.3 is 0 Å². The van der Waals surface area contributed by atoms with Crippen LogP contribution in [0.5, 0.6) is 0 Å². The van der Waals surface area contributed by atoms with Gasteiger partial charge in [0.25, 0.3) is 0 Å². The van der Waals surface area contributed by atoms with E-state index in [0.717, 1.165) is 13.0 Å². The predicted molar refractivity (Wildman–Crippen MR) is 60.0 cm³/mol. The van der Waals surface area contributed by atoms with Crippen LogP contribution in [0.15, 0.2) is 11.9 Å². The predicted octanol–water partition coefficient (Wildman–Crippen LogP) is 2.48. The van der Waals surface area contributed by atoms with Gasteiger partial charge in [-0.15, -0.1) is 0 Å². The molecule has 2 fully saturated rings. The van der Waals surface area contributed by atoms with Crippen molar-refractivity contribution in [3.8, 4) is 0 Å². The minimum atomic E-state index is 0.458. The molecule has 2 nitrogen and oxygen atoms in total. The highest BCUT2D eigenvalue weighted by Crippen LogP contribution is 2.37. The van der Waals surface area contributed by atoms with Crippen LogP contribution in [-0.4, -0.2) is 24.0 Å². The number of nitrogens with one attached hydrogen (secondary N) is 1. The maximum atomic E-state index is 3.55. The molecule has 1 aliphatic carbocycles. The molecule has 80 valence electrons. The Labute approximate surface area is 87.4 Å². The Balaban J connectivity index is 2.11. The second kappa shape index (κ2) is 3.84. The van der Waals surface area contributed by atoms with Crippen LogP contribution in [0.3, 0.4) is 0 Å². The standard InChI is InChI=1S/C12H22N2/c1-3-7-11-13-10-12(14(11)2)8-5-4-6-9-12/h7,13H,3-6,8-10H2,1-2H3/b11-7-. The summed E-state index contributed by atoms with van der Waals surface area (Å²) in [6.45, 7) is 3.36.